The molecule has 2 heterocycles. The average molecular weight is 242 g/mol. The Labute approximate surface area is 107 Å². The Morgan fingerprint density at radius 1 is 1.11 bits per heavy atom. The molecule has 3 rings (SSSR count). The molecule has 1 unspecified atom stereocenters. The first-order valence-electron chi connectivity index (χ1n) is 6.57. The molecule has 1 atom stereocenters. The normalized spacial score (nSPS) is 24.9. The SMILES string of the molecule is OC1(c2cccc3ncccc23)CCCNCC1. The van der Waals surface area contributed by atoms with E-state index in [4.69, 9.17) is 0 Å². The summed E-state index contributed by atoms with van der Waals surface area (Å²) in [6.45, 7) is 1.86. The molecule has 2 aromatic rings. The Morgan fingerprint density at radius 2 is 2.06 bits per heavy atom. The highest BCUT2D eigenvalue weighted by Gasteiger charge is 2.31. The summed E-state index contributed by atoms with van der Waals surface area (Å²) in [7, 11) is 0. The standard InChI is InChI=1S/C15H18N2O/c18-15(7-3-9-16-11-8-15)13-5-1-6-14-12(13)4-2-10-17-14/h1-2,4-6,10,16,18H,3,7-9,11H2. The van der Waals surface area contributed by atoms with E-state index < -0.39 is 5.60 Å². The van der Waals surface area contributed by atoms with Crippen LogP contribution in [0.3, 0.4) is 0 Å². The van der Waals surface area contributed by atoms with Crippen molar-refractivity contribution < 1.29 is 5.11 Å². The van der Waals surface area contributed by atoms with Gasteiger partial charge in [0, 0.05) is 11.6 Å². The number of benzene rings is 1. The molecule has 0 spiro atoms. The second kappa shape index (κ2) is 4.67. The monoisotopic (exact) mass is 242 g/mol. The van der Waals surface area contributed by atoms with Crippen molar-refractivity contribution in [1.29, 1.82) is 0 Å². The van der Waals surface area contributed by atoms with Crippen LogP contribution in [0.1, 0.15) is 24.8 Å². The molecule has 1 aromatic heterocycles. The topological polar surface area (TPSA) is 45.2 Å². The minimum absolute atomic E-state index is 0.716. The zero-order chi connectivity index (χ0) is 12.4. The molecule has 1 aliphatic heterocycles. The van der Waals surface area contributed by atoms with E-state index in [1.165, 1.54) is 0 Å². The molecule has 1 fully saturated rings. The number of rotatable bonds is 1. The van der Waals surface area contributed by atoms with Crippen LogP contribution in [0.15, 0.2) is 36.5 Å². The van der Waals surface area contributed by atoms with Crippen LogP contribution in [0.25, 0.3) is 10.9 Å². The van der Waals surface area contributed by atoms with Gasteiger partial charge >= 0.3 is 0 Å². The molecule has 3 heteroatoms. The summed E-state index contributed by atoms with van der Waals surface area (Å²) in [4.78, 5) is 4.36. The van der Waals surface area contributed by atoms with Crippen molar-refractivity contribution in [3.05, 3.63) is 42.1 Å². The lowest BCUT2D eigenvalue weighted by Crippen LogP contribution is -2.27. The molecular weight excluding hydrogens is 224 g/mol. The van der Waals surface area contributed by atoms with E-state index in [9.17, 15) is 5.11 Å². The van der Waals surface area contributed by atoms with E-state index in [0.29, 0.717) is 0 Å². The summed E-state index contributed by atoms with van der Waals surface area (Å²) in [6.07, 6.45) is 4.38. The minimum Gasteiger partial charge on any atom is -0.385 e. The zero-order valence-electron chi connectivity index (χ0n) is 10.4. The van der Waals surface area contributed by atoms with Gasteiger partial charge in [-0.05, 0) is 50.0 Å². The molecule has 3 nitrogen and oxygen atoms in total. The van der Waals surface area contributed by atoms with Gasteiger partial charge in [0.05, 0.1) is 11.1 Å². The van der Waals surface area contributed by atoms with Gasteiger partial charge in [0.1, 0.15) is 0 Å². The van der Waals surface area contributed by atoms with Crippen molar-refractivity contribution in [3.8, 4) is 0 Å². The van der Waals surface area contributed by atoms with E-state index >= 15 is 0 Å². The fourth-order valence-electron chi connectivity index (χ4n) is 2.83. The van der Waals surface area contributed by atoms with Crippen LogP contribution in [0, 0.1) is 0 Å². The Morgan fingerprint density at radius 3 is 3.00 bits per heavy atom. The van der Waals surface area contributed by atoms with E-state index in [1.807, 2.05) is 30.3 Å². The lowest BCUT2D eigenvalue weighted by atomic mass is 9.84. The fourth-order valence-corrected chi connectivity index (χ4v) is 2.83. The molecule has 0 saturated carbocycles. The van der Waals surface area contributed by atoms with Gasteiger partial charge in [-0.1, -0.05) is 18.2 Å². The van der Waals surface area contributed by atoms with Gasteiger partial charge in [-0.25, -0.2) is 0 Å². The largest absolute Gasteiger partial charge is 0.385 e. The van der Waals surface area contributed by atoms with Crippen LogP contribution in [-0.4, -0.2) is 23.2 Å². The predicted octanol–water partition coefficient (Wildman–Crippen LogP) is 2.20. The third-order valence-corrected chi connectivity index (χ3v) is 3.81. The number of hydrogen-bond donors (Lipinski definition) is 2. The highest BCUT2D eigenvalue weighted by Crippen LogP contribution is 2.35. The third-order valence-electron chi connectivity index (χ3n) is 3.81. The molecule has 1 saturated heterocycles. The Bertz CT molecular complexity index is 540. The summed E-state index contributed by atoms with van der Waals surface area (Å²) in [5.74, 6) is 0. The molecule has 0 bridgehead atoms. The second-order valence-corrected chi connectivity index (χ2v) is 5.01. The molecule has 2 N–H and O–H groups in total. The van der Waals surface area contributed by atoms with E-state index in [1.54, 1.807) is 6.20 Å². The van der Waals surface area contributed by atoms with Crippen LogP contribution < -0.4 is 5.32 Å². The number of aromatic nitrogens is 1. The predicted molar refractivity (Wildman–Crippen MR) is 72.4 cm³/mol. The Hall–Kier alpha value is -1.45. The average Bonchev–Trinajstić information content (AvgIpc) is 2.64. The summed E-state index contributed by atoms with van der Waals surface area (Å²) in [5, 5.41) is 15.4. The van der Waals surface area contributed by atoms with Crippen molar-refractivity contribution in [2.45, 2.75) is 24.9 Å². The molecule has 1 aliphatic rings. The van der Waals surface area contributed by atoms with E-state index in [-0.39, 0.29) is 0 Å². The maximum Gasteiger partial charge on any atom is 0.0915 e. The van der Waals surface area contributed by atoms with Crippen LogP contribution in [-0.2, 0) is 5.60 Å². The molecule has 94 valence electrons. The highest BCUT2D eigenvalue weighted by atomic mass is 16.3. The third kappa shape index (κ3) is 2.00. The second-order valence-electron chi connectivity index (χ2n) is 5.01. The fraction of sp³-hybridized carbons (Fsp3) is 0.400. The van der Waals surface area contributed by atoms with Gasteiger partial charge < -0.3 is 10.4 Å². The first kappa shape index (κ1) is 11.6. The highest BCUT2D eigenvalue weighted by molar-refractivity contribution is 5.82. The van der Waals surface area contributed by atoms with Crippen LogP contribution >= 0.6 is 0 Å². The summed E-state index contributed by atoms with van der Waals surface area (Å²) >= 11 is 0. The van der Waals surface area contributed by atoms with Gasteiger partial charge in [0.25, 0.3) is 0 Å². The lowest BCUT2D eigenvalue weighted by molar-refractivity contribution is 0.0255. The smallest absolute Gasteiger partial charge is 0.0915 e. The first-order chi connectivity index (χ1) is 8.80. The number of pyridine rings is 1. The van der Waals surface area contributed by atoms with Crippen LogP contribution in [0.4, 0.5) is 0 Å². The molecule has 0 amide bonds. The number of aliphatic hydroxyl groups is 1. The lowest BCUT2D eigenvalue weighted by Gasteiger charge is -2.28. The van der Waals surface area contributed by atoms with Crippen molar-refractivity contribution in [2.75, 3.05) is 13.1 Å². The number of fused-ring (bicyclic) bond motifs is 1. The Kier molecular flexibility index (Phi) is 3.02. The number of nitrogens with one attached hydrogen (secondary N) is 1. The van der Waals surface area contributed by atoms with Gasteiger partial charge in [-0.3, -0.25) is 4.98 Å². The van der Waals surface area contributed by atoms with E-state index in [0.717, 1.165) is 48.8 Å². The van der Waals surface area contributed by atoms with Crippen LogP contribution in [0.5, 0.6) is 0 Å². The number of nitrogens with zero attached hydrogens (tertiary/aromatic N) is 1. The van der Waals surface area contributed by atoms with Gasteiger partial charge in [-0.2, -0.15) is 0 Å². The molecule has 0 aliphatic carbocycles. The van der Waals surface area contributed by atoms with Crippen molar-refractivity contribution in [3.63, 3.8) is 0 Å². The molecule has 0 radical (unpaired) electrons. The minimum atomic E-state index is -0.716. The maximum atomic E-state index is 11.0. The van der Waals surface area contributed by atoms with Gasteiger partial charge in [-0.15, -0.1) is 0 Å². The first-order valence-corrected chi connectivity index (χ1v) is 6.57. The van der Waals surface area contributed by atoms with Crippen molar-refractivity contribution >= 4 is 10.9 Å². The zero-order valence-corrected chi connectivity index (χ0v) is 10.4. The maximum absolute atomic E-state index is 11.0. The van der Waals surface area contributed by atoms with Crippen molar-refractivity contribution in [1.82, 2.24) is 10.3 Å². The molecule has 1 aromatic carbocycles. The summed E-state index contributed by atoms with van der Waals surface area (Å²) in [6, 6.07) is 10.0. The van der Waals surface area contributed by atoms with E-state index in [2.05, 4.69) is 10.3 Å². The number of hydrogen-bond acceptors (Lipinski definition) is 3. The van der Waals surface area contributed by atoms with Gasteiger partial charge in [0.15, 0.2) is 0 Å². The van der Waals surface area contributed by atoms with Crippen LogP contribution in [0.2, 0.25) is 0 Å². The van der Waals surface area contributed by atoms with Crippen molar-refractivity contribution in [2.24, 2.45) is 0 Å². The molecular formula is C15H18N2O. The quantitative estimate of drug-likeness (QED) is 0.805. The van der Waals surface area contributed by atoms with Gasteiger partial charge in [0.2, 0.25) is 0 Å². The summed E-state index contributed by atoms with van der Waals surface area (Å²) < 4.78 is 0. The molecule has 18 heavy (non-hydrogen) atoms. The Balaban J connectivity index is 2.12. The summed E-state index contributed by atoms with van der Waals surface area (Å²) in [5.41, 5.74) is 1.27.